The van der Waals surface area contributed by atoms with Crippen molar-refractivity contribution in [3.8, 4) is 0 Å². The van der Waals surface area contributed by atoms with Crippen molar-refractivity contribution < 1.29 is 14.3 Å². The molecular formula is C15H24O3. The van der Waals surface area contributed by atoms with Gasteiger partial charge in [-0.3, -0.25) is 4.79 Å². The fourth-order valence-corrected chi connectivity index (χ4v) is 4.06. The Kier molecular flexibility index (Phi) is 3.88. The van der Waals surface area contributed by atoms with E-state index in [1.807, 2.05) is 0 Å². The molecule has 0 aliphatic heterocycles. The van der Waals surface area contributed by atoms with Gasteiger partial charge in [0.2, 0.25) is 0 Å². The molecule has 102 valence electrons. The molecule has 2 unspecified atom stereocenters. The summed E-state index contributed by atoms with van der Waals surface area (Å²) in [6.45, 7) is 0.178. The lowest BCUT2D eigenvalue weighted by Gasteiger charge is -2.23. The van der Waals surface area contributed by atoms with Gasteiger partial charge in [-0.1, -0.05) is 25.7 Å². The second-order valence-electron chi connectivity index (χ2n) is 6.29. The van der Waals surface area contributed by atoms with E-state index in [4.69, 9.17) is 9.47 Å². The lowest BCUT2D eigenvalue weighted by atomic mass is 9.89. The molecule has 3 nitrogen and oxygen atoms in total. The largest absolute Gasteiger partial charge is 0.438 e. The molecule has 0 aromatic rings. The molecule has 3 rings (SSSR count). The summed E-state index contributed by atoms with van der Waals surface area (Å²) in [4.78, 5) is 12.0. The van der Waals surface area contributed by atoms with Crippen LogP contribution in [0.1, 0.15) is 57.8 Å². The molecule has 3 aliphatic rings. The van der Waals surface area contributed by atoms with Gasteiger partial charge in [-0.2, -0.15) is 0 Å². The maximum absolute atomic E-state index is 12.0. The summed E-state index contributed by atoms with van der Waals surface area (Å²) >= 11 is 0. The molecular weight excluding hydrogens is 228 g/mol. The van der Waals surface area contributed by atoms with Crippen LogP contribution >= 0.6 is 0 Å². The van der Waals surface area contributed by atoms with E-state index < -0.39 is 0 Å². The summed E-state index contributed by atoms with van der Waals surface area (Å²) < 4.78 is 11.0. The molecule has 3 atom stereocenters. The van der Waals surface area contributed by atoms with Crippen LogP contribution in [0.5, 0.6) is 0 Å². The van der Waals surface area contributed by atoms with Crippen LogP contribution in [0.25, 0.3) is 0 Å². The molecule has 3 aliphatic carbocycles. The Balaban J connectivity index is 1.36. The van der Waals surface area contributed by atoms with Crippen LogP contribution in [0, 0.1) is 17.8 Å². The fraction of sp³-hybridized carbons (Fsp3) is 0.933. The molecule has 0 heterocycles. The van der Waals surface area contributed by atoms with Gasteiger partial charge in [-0.25, -0.2) is 0 Å². The zero-order chi connectivity index (χ0) is 12.4. The smallest absolute Gasteiger partial charge is 0.311 e. The predicted octanol–water partition coefficient (Wildman–Crippen LogP) is 3.27. The first kappa shape index (κ1) is 12.5. The van der Waals surface area contributed by atoms with Crippen LogP contribution in [-0.2, 0) is 14.3 Å². The summed E-state index contributed by atoms with van der Waals surface area (Å²) in [5.74, 6) is 1.58. The number of esters is 1. The van der Waals surface area contributed by atoms with E-state index in [1.54, 1.807) is 0 Å². The molecule has 2 bridgehead atoms. The van der Waals surface area contributed by atoms with Crippen molar-refractivity contribution in [1.82, 2.24) is 0 Å². The van der Waals surface area contributed by atoms with Crippen molar-refractivity contribution in [2.75, 3.05) is 6.79 Å². The molecule has 3 heteroatoms. The molecule has 3 saturated carbocycles. The maximum atomic E-state index is 12.0. The number of hydrogen-bond donors (Lipinski definition) is 0. The number of carbonyl (C=O) groups excluding carboxylic acids is 1. The second-order valence-corrected chi connectivity index (χ2v) is 6.29. The van der Waals surface area contributed by atoms with Gasteiger partial charge in [0.25, 0.3) is 0 Å². The number of fused-ring (bicyclic) bond motifs is 2. The van der Waals surface area contributed by atoms with Crippen LogP contribution in [0.15, 0.2) is 0 Å². The Labute approximate surface area is 109 Å². The van der Waals surface area contributed by atoms with Crippen molar-refractivity contribution in [3.63, 3.8) is 0 Å². The van der Waals surface area contributed by atoms with Gasteiger partial charge in [0, 0.05) is 0 Å². The zero-order valence-electron chi connectivity index (χ0n) is 11.1. The topological polar surface area (TPSA) is 35.5 Å². The van der Waals surface area contributed by atoms with Crippen molar-refractivity contribution in [2.45, 2.75) is 63.9 Å². The number of hydrogen-bond acceptors (Lipinski definition) is 3. The third kappa shape index (κ3) is 2.71. The summed E-state index contributed by atoms with van der Waals surface area (Å²) in [5, 5.41) is 0. The zero-order valence-corrected chi connectivity index (χ0v) is 11.1. The van der Waals surface area contributed by atoms with E-state index in [9.17, 15) is 4.79 Å². The monoisotopic (exact) mass is 252 g/mol. The SMILES string of the molecule is O=C(OCOC1CCCCC1)C1C[C@H]2CCC1C2. The third-order valence-electron chi connectivity index (χ3n) is 5.10. The van der Waals surface area contributed by atoms with Crippen LogP contribution < -0.4 is 0 Å². The Morgan fingerprint density at radius 3 is 2.50 bits per heavy atom. The van der Waals surface area contributed by atoms with E-state index in [0.29, 0.717) is 12.0 Å². The van der Waals surface area contributed by atoms with Crippen LogP contribution in [0.4, 0.5) is 0 Å². The van der Waals surface area contributed by atoms with Crippen LogP contribution in [0.2, 0.25) is 0 Å². The molecule has 0 aromatic carbocycles. The highest BCUT2D eigenvalue weighted by Crippen LogP contribution is 2.48. The standard InChI is InChI=1S/C15H24O3/c16-15(14-9-11-6-7-12(14)8-11)18-10-17-13-4-2-1-3-5-13/h11-14H,1-10H2/t11-,12?,14?/m0/s1. The first-order chi connectivity index (χ1) is 8.83. The molecule has 0 aromatic heterocycles. The fourth-order valence-electron chi connectivity index (χ4n) is 4.06. The highest BCUT2D eigenvalue weighted by molar-refractivity contribution is 5.73. The average molecular weight is 252 g/mol. The minimum absolute atomic E-state index is 0.00184. The van der Waals surface area contributed by atoms with Crippen molar-refractivity contribution in [3.05, 3.63) is 0 Å². The number of ether oxygens (including phenoxy) is 2. The Bertz CT molecular complexity index is 296. The summed E-state index contributed by atoms with van der Waals surface area (Å²) in [5.41, 5.74) is 0. The molecule has 18 heavy (non-hydrogen) atoms. The predicted molar refractivity (Wildman–Crippen MR) is 67.9 cm³/mol. The summed E-state index contributed by atoms with van der Waals surface area (Å²) in [7, 11) is 0. The highest BCUT2D eigenvalue weighted by atomic mass is 16.7. The average Bonchev–Trinajstić information content (AvgIpc) is 3.02. The van der Waals surface area contributed by atoms with Gasteiger partial charge < -0.3 is 9.47 Å². The Morgan fingerprint density at radius 1 is 1.00 bits per heavy atom. The normalized spacial score (nSPS) is 35.9. The van der Waals surface area contributed by atoms with Gasteiger partial charge >= 0.3 is 5.97 Å². The van der Waals surface area contributed by atoms with Crippen molar-refractivity contribution >= 4 is 5.97 Å². The van der Waals surface area contributed by atoms with Gasteiger partial charge in [-0.15, -0.1) is 0 Å². The molecule has 0 N–H and O–H groups in total. The van der Waals surface area contributed by atoms with Crippen molar-refractivity contribution in [2.24, 2.45) is 17.8 Å². The van der Waals surface area contributed by atoms with Gasteiger partial charge in [0.15, 0.2) is 6.79 Å². The lowest BCUT2D eigenvalue weighted by Crippen LogP contribution is -2.26. The Morgan fingerprint density at radius 2 is 1.83 bits per heavy atom. The van der Waals surface area contributed by atoms with Crippen molar-refractivity contribution in [1.29, 1.82) is 0 Å². The van der Waals surface area contributed by atoms with Crippen LogP contribution in [0.3, 0.4) is 0 Å². The third-order valence-corrected chi connectivity index (χ3v) is 5.10. The van der Waals surface area contributed by atoms with E-state index in [2.05, 4.69) is 0 Å². The van der Waals surface area contributed by atoms with E-state index in [1.165, 1.54) is 38.5 Å². The first-order valence-electron chi connectivity index (χ1n) is 7.61. The second kappa shape index (κ2) is 5.60. The molecule has 3 fully saturated rings. The van der Waals surface area contributed by atoms with E-state index in [0.717, 1.165) is 25.2 Å². The minimum Gasteiger partial charge on any atom is -0.438 e. The minimum atomic E-state index is -0.00184. The van der Waals surface area contributed by atoms with E-state index >= 15 is 0 Å². The van der Waals surface area contributed by atoms with Gasteiger partial charge in [-0.05, 0) is 43.9 Å². The quantitative estimate of drug-likeness (QED) is 0.569. The van der Waals surface area contributed by atoms with E-state index in [-0.39, 0.29) is 18.7 Å². The summed E-state index contributed by atoms with van der Waals surface area (Å²) in [6.07, 6.45) is 11.3. The molecule has 0 saturated heterocycles. The van der Waals surface area contributed by atoms with Crippen LogP contribution in [-0.4, -0.2) is 18.9 Å². The molecule has 0 amide bonds. The van der Waals surface area contributed by atoms with Gasteiger partial charge in [0.05, 0.1) is 12.0 Å². The number of carbonyl (C=O) groups is 1. The highest BCUT2D eigenvalue weighted by Gasteiger charge is 2.43. The number of rotatable bonds is 4. The molecule has 0 spiro atoms. The Hall–Kier alpha value is -0.570. The lowest BCUT2D eigenvalue weighted by molar-refractivity contribution is -0.168. The summed E-state index contributed by atoms with van der Waals surface area (Å²) in [6, 6.07) is 0. The van der Waals surface area contributed by atoms with Gasteiger partial charge in [0.1, 0.15) is 0 Å². The maximum Gasteiger partial charge on any atom is 0.311 e. The first-order valence-corrected chi connectivity index (χ1v) is 7.61. The molecule has 0 radical (unpaired) electrons.